The molecule has 1 N–H and O–H groups in total. The van der Waals surface area contributed by atoms with Gasteiger partial charge in [-0.1, -0.05) is 25.3 Å². The summed E-state index contributed by atoms with van der Waals surface area (Å²) < 4.78 is 32.1. The van der Waals surface area contributed by atoms with Crippen molar-refractivity contribution in [3.8, 4) is 12.3 Å². The van der Waals surface area contributed by atoms with Crippen LogP contribution < -0.4 is 5.32 Å². The summed E-state index contributed by atoms with van der Waals surface area (Å²) >= 11 is 0. The summed E-state index contributed by atoms with van der Waals surface area (Å²) in [6, 6.07) is 1.96. The van der Waals surface area contributed by atoms with Crippen molar-refractivity contribution in [1.82, 2.24) is 5.32 Å². The fourth-order valence-corrected chi connectivity index (χ4v) is 3.38. The van der Waals surface area contributed by atoms with Gasteiger partial charge in [0.1, 0.15) is 17.7 Å². The molecule has 0 unspecified atom stereocenters. The molecule has 1 aliphatic rings. The van der Waals surface area contributed by atoms with Crippen LogP contribution in [0.5, 0.6) is 0 Å². The maximum Gasteiger partial charge on any atom is 0.328 e. The Labute approximate surface area is 170 Å². The van der Waals surface area contributed by atoms with Crippen LogP contribution in [0.4, 0.5) is 8.78 Å². The van der Waals surface area contributed by atoms with E-state index in [1.165, 1.54) is 12.5 Å². The number of benzene rings is 1. The van der Waals surface area contributed by atoms with Crippen molar-refractivity contribution in [2.45, 2.75) is 57.4 Å². The van der Waals surface area contributed by atoms with Gasteiger partial charge in [-0.3, -0.25) is 4.79 Å². The van der Waals surface area contributed by atoms with Crippen molar-refractivity contribution < 1.29 is 23.1 Å². The summed E-state index contributed by atoms with van der Waals surface area (Å²) in [5, 5.41) is 2.60. The number of rotatable bonds is 9. The Kier molecular flexibility index (Phi) is 9.36. The molecular weight excluding hydrogens is 376 g/mol. The van der Waals surface area contributed by atoms with Gasteiger partial charge in [-0.05, 0) is 49.0 Å². The second-order valence-corrected chi connectivity index (χ2v) is 7.28. The molecule has 6 heteroatoms. The standard InChI is InChI=1S/C23H27F2NO3/c1-2-3-7-12-29-23(28)21(15-18-13-19(24)16-20(25)14-18)26-22(27)11-10-17-8-5-4-6-9-17/h1,10-11,13-14,16-17,21H,3-9,12,15H2,(H,26,27)/b11-10+/t21-/m0/s1. The molecule has 0 aliphatic heterocycles. The molecule has 1 amide bonds. The Morgan fingerprint density at radius 3 is 2.55 bits per heavy atom. The number of nitrogens with one attached hydrogen (secondary N) is 1. The van der Waals surface area contributed by atoms with Crippen LogP contribution >= 0.6 is 0 Å². The molecule has 156 valence electrons. The molecule has 4 nitrogen and oxygen atoms in total. The highest BCUT2D eigenvalue weighted by Gasteiger charge is 2.23. The third-order valence-corrected chi connectivity index (χ3v) is 4.84. The highest BCUT2D eigenvalue weighted by Crippen LogP contribution is 2.24. The topological polar surface area (TPSA) is 55.4 Å². The second kappa shape index (κ2) is 12.0. The molecule has 1 saturated carbocycles. The Bertz CT molecular complexity index is 744. The Balaban J connectivity index is 2.02. The molecule has 0 heterocycles. The van der Waals surface area contributed by atoms with E-state index in [0.717, 1.165) is 43.9 Å². The van der Waals surface area contributed by atoms with Crippen molar-refractivity contribution in [3.05, 3.63) is 47.5 Å². The first-order valence-electron chi connectivity index (χ1n) is 10.0. The lowest BCUT2D eigenvalue weighted by Crippen LogP contribution is -2.43. The second-order valence-electron chi connectivity index (χ2n) is 7.28. The van der Waals surface area contributed by atoms with Crippen LogP contribution in [0, 0.1) is 29.9 Å². The van der Waals surface area contributed by atoms with Crippen molar-refractivity contribution in [2.75, 3.05) is 6.61 Å². The van der Waals surface area contributed by atoms with Crippen LogP contribution in [-0.4, -0.2) is 24.5 Å². The van der Waals surface area contributed by atoms with E-state index in [0.29, 0.717) is 18.8 Å². The van der Waals surface area contributed by atoms with E-state index in [1.807, 2.05) is 6.08 Å². The van der Waals surface area contributed by atoms with E-state index in [4.69, 9.17) is 11.2 Å². The van der Waals surface area contributed by atoms with Gasteiger partial charge in [0, 0.05) is 18.9 Å². The van der Waals surface area contributed by atoms with Gasteiger partial charge in [0.25, 0.3) is 0 Å². The Morgan fingerprint density at radius 1 is 1.21 bits per heavy atom. The first-order valence-corrected chi connectivity index (χ1v) is 10.0. The molecule has 1 aromatic carbocycles. The predicted octanol–water partition coefficient (Wildman–Crippen LogP) is 4.09. The number of carbonyl (C=O) groups is 2. The summed E-state index contributed by atoms with van der Waals surface area (Å²) in [7, 11) is 0. The van der Waals surface area contributed by atoms with Gasteiger partial charge < -0.3 is 10.1 Å². The fraction of sp³-hybridized carbons (Fsp3) is 0.478. The Morgan fingerprint density at radius 2 is 1.90 bits per heavy atom. The molecule has 1 atom stereocenters. The third-order valence-electron chi connectivity index (χ3n) is 4.84. The molecule has 29 heavy (non-hydrogen) atoms. The minimum Gasteiger partial charge on any atom is -0.464 e. The molecule has 0 radical (unpaired) electrons. The first-order chi connectivity index (χ1) is 14.0. The van der Waals surface area contributed by atoms with Crippen LogP contribution in [0.15, 0.2) is 30.4 Å². The summed E-state index contributed by atoms with van der Waals surface area (Å²) in [6.07, 6.45) is 15.0. The van der Waals surface area contributed by atoms with Crippen LogP contribution in [-0.2, 0) is 20.7 Å². The molecule has 2 rings (SSSR count). The number of carbonyl (C=O) groups excluding carboxylic acids is 2. The monoisotopic (exact) mass is 403 g/mol. The zero-order chi connectivity index (χ0) is 21.1. The molecule has 0 aromatic heterocycles. The number of hydrogen-bond acceptors (Lipinski definition) is 3. The van der Waals surface area contributed by atoms with Gasteiger partial charge >= 0.3 is 5.97 Å². The lowest BCUT2D eigenvalue weighted by Gasteiger charge is -2.19. The van der Waals surface area contributed by atoms with Crippen LogP contribution in [0.3, 0.4) is 0 Å². The van der Waals surface area contributed by atoms with Gasteiger partial charge in [-0.25, -0.2) is 13.6 Å². The zero-order valence-electron chi connectivity index (χ0n) is 16.5. The molecule has 1 aliphatic carbocycles. The van der Waals surface area contributed by atoms with Gasteiger partial charge in [0.2, 0.25) is 5.91 Å². The van der Waals surface area contributed by atoms with Crippen LogP contribution in [0.2, 0.25) is 0 Å². The molecular formula is C23H27F2NO3. The lowest BCUT2D eigenvalue weighted by molar-refractivity contribution is -0.147. The molecule has 1 fully saturated rings. The van der Waals surface area contributed by atoms with E-state index in [-0.39, 0.29) is 18.6 Å². The van der Waals surface area contributed by atoms with E-state index in [1.54, 1.807) is 0 Å². The smallest absolute Gasteiger partial charge is 0.328 e. The van der Waals surface area contributed by atoms with E-state index >= 15 is 0 Å². The maximum absolute atomic E-state index is 13.5. The SMILES string of the molecule is C#CCCCOC(=O)[C@H](Cc1cc(F)cc(F)c1)NC(=O)/C=C/C1CCCCC1. The molecule has 1 aromatic rings. The fourth-order valence-electron chi connectivity index (χ4n) is 3.38. The highest BCUT2D eigenvalue weighted by atomic mass is 19.1. The average Bonchev–Trinajstić information content (AvgIpc) is 2.69. The van der Waals surface area contributed by atoms with Crippen LogP contribution in [0.1, 0.15) is 50.5 Å². The van der Waals surface area contributed by atoms with E-state index < -0.39 is 29.6 Å². The number of ether oxygens (including phenoxy) is 1. The number of halogens is 2. The number of amides is 1. The molecule has 0 saturated heterocycles. The molecule has 0 bridgehead atoms. The Hall–Kier alpha value is -2.68. The van der Waals surface area contributed by atoms with Gasteiger partial charge in [0.05, 0.1) is 6.61 Å². The lowest BCUT2D eigenvalue weighted by atomic mass is 9.89. The van der Waals surface area contributed by atoms with E-state index in [2.05, 4.69) is 11.2 Å². The van der Waals surface area contributed by atoms with Crippen molar-refractivity contribution in [1.29, 1.82) is 0 Å². The minimum atomic E-state index is -1.05. The first kappa shape index (κ1) is 22.6. The average molecular weight is 403 g/mol. The normalized spacial score (nSPS) is 15.6. The zero-order valence-corrected chi connectivity index (χ0v) is 16.5. The van der Waals surface area contributed by atoms with Crippen molar-refractivity contribution in [3.63, 3.8) is 0 Å². The van der Waals surface area contributed by atoms with Crippen LogP contribution in [0.25, 0.3) is 0 Å². The number of allylic oxidation sites excluding steroid dienone is 1. The van der Waals surface area contributed by atoms with Gasteiger partial charge in [-0.15, -0.1) is 12.3 Å². The maximum atomic E-state index is 13.5. The summed E-state index contributed by atoms with van der Waals surface area (Å²) in [4.78, 5) is 24.7. The van der Waals surface area contributed by atoms with Gasteiger partial charge in [-0.2, -0.15) is 0 Å². The number of hydrogen-bond donors (Lipinski definition) is 1. The highest BCUT2D eigenvalue weighted by molar-refractivity contribution is 5.91. The van der Waals surface area contributed by atoms with Crippen molar-refractivity contribution >= 4 is 11.9 Å². The van der Waals surface area contributed by atoms with Crippen molar-refractivity contribution in [2.24, 2.45) is 5.92 Å². The quantitative estimate of drug-likeness (QED) is 0.293. The summed E-state index contributed by atoms with van der Waals surface area (Å²) in [5.74, 6) is 0.227. The number of unbranched alkanes of at least 4 members (excludes halogenated alkanes) is 1. The number of terminal acetylenes is 1. The minimum absolute atomic E-state index is 0.0777. The third kappa shape index (κ3) is 8.47. The summed E-state index contributed by atoms with van der Waals surface area (Å²) in [6.45, 7) is 0.116. The largest absolute Gasteiger partial charge is 0.464 e. The van der Waals surface area contributed by atoms with Gasteiger partial charge in [0.15, 0.2) is 0 Å². The molecule has 0 spiro atoms. The predicted molar refractivity (Wildman–Crippen MR) is 107 cm³/mol. The van der Waals surface area contributed by atoms with E-state index in [9.17, 15) is 18.4 Å². The summed E-state index contributed by atoms with van der Waals surface area (Å²) in [5.41, 5.74) is 0.254. The number of esters is 1.